The van der Waals surface area contributed by atoms with Crippen LogP contribution in [0, 0.1) is 0 Å². The largest absolute Gasteiger partial charge is 0.492 e. The maximum atomic E-state index is 12.7. The molecule has 0 spiro atoms. The van der Waals surface area contributed by atoms with E-state index in [2.05, 4.69) is 40.1 Å². The second kappa shape index (κ2) is 7.31. The number of benzene rings is 1. The van der Waals surface area contributed by atoms with Gasteiger partial charge in [-0.1, -0.05) is 11.6 Å². The quantitative estimate of drug-likeness (QED) is 0.572. The summed E-state index contributed by atoms with van der Waals surface area (Å²) >= 11 is 0. The highest BCUT2D eigenvalue weighted by atomic mass is 16.7. The molecule has 0 amide bonds. The molecule has 0 aromatic heterocycles. The van der Waals surface area contributed by atoms with Crippen molar-refractivity contribution in [2.45, 2.75) is 45.6 Å². The summed E-state index contributed by atoms with van der Waals surface area (Å²) in [7, 11) is 6.06. The van der Waals surface area contributed by atoms with Crippen LogP contribution in [0.15, 0.2) is 17.7 Å². The fourth-order valence-corrected chi connectivity index (χ4v) is 3.95. The van der Waals surface area contributed by atoms with Crippen molar-refractivity contribution in [3.8, 4) is 17.2 Å². The highest BCUT2D eigenvalue weighted by Crippen LogP contribution is 2.51. The third-order valence-electron chi connectivity index (χ3n) is 5.48. The standard InChI is InChI=1S/C21H30NO4/c1-14(2)7-6-8-16(23)12-17-19-15(9-10-22(17,3)4)11-18-20(21(19)24-5)26-13-25-18/h7,11,17H,6,8-10,12-13H2,1-5H3/q+1/t17-/m0/s1. The van der Waals surface area contributed by atoms with E-state index >= 15 is 0 Å². The number of ether oxygens (including phenoxy) is 3. The third kappa shape index (κ3) is 3.58. The molecule has 0 aliphatic carbocycles. The Balaban J connectivity index is 1.93. The van der Waals surface area contributed by atoms with E-state index in [-0.39, 0.29) is 12.8 Å². The number of Topliss-reactive ketones (excluding diaryl/α,β-unsaturated/α-hetero) is 1. The lowest BCUT2D eigenvalue weighted by Gasteiger charge is -2.43. The van der Waals surface area contributed by atoms with Crippen molar-refractivity contribution in [3.63, 3.8) is 0 Å². The molecule has 0 saturated carbocycles. The molecule has 2 aliphatic heterocycles. The molecular formula is C21H30NO4+. The minimum absolute atomic E-state index is 0.0717. The molecule has 0 fully saturated rings. The molecular weight excluding hydrogens is 330 g/mol. The lowest BCUT2D eigenvalue weighted by Crippen LogP contribution is -2.48. The number of carbonyl (C=O) groups is 1. The Morgan fingerprint density at radius 3 is 2.81 bits per heavy atom. The molecule has 2 heterocycles. The highest BCUT2D eigenvalue weighted by Gasteiger charge is 2.42. The molecule has 1 aromatic rings. The molecule has 0 bridgehead atoms. The Morgan fingerprint density at radius 1 is 1.35 bits per heavy atom. The van der Waals surface area contributed by atoms with E-state index in [9.17, 15) is 4.79 Å². The van der Waals surface area contributed by atoms with Crippen molar-refractivity contribution >= 4 is 5.78 Å². The summed E-state index contributed by atoms with van der Waals surface area (Å²) in [5, 5.41) is 0. The second-order valence-corrected chi connectivity index (χ2v) is 8.05. The van der Waals surface area contributed by atoms with Crippen molar-refractivity contribution < 1.29 is 23.5 Å². The fourth-order valence-electron chi connectivity index (χ4n) is 3.95. The number of hydrogen-bond donors (Lipinski definition) is 0. The van der Waals surface area contributed by atoms with Gasteiger partial charge in [-0.2, -0.15) is 0 Å². The van der Waals surface area contributed by atoms with Gasteiger partial charge in [0, 0.05) is 12.8 Å². The zero-order chi connectivity index (χ0) is 18.9. The van der Waals surface area contributed by atoms with Gasteiger partial charge in [0.1, 0.15) is 11.8 Å². The van der Waals surface area contributed by atoms with Gasteiger partial charge in [0.25, 0.3) is 0 Å². The average Bonchev–Trinajstić information content (AvgIpc) is 3.03. The van der Waals surface area contributed by atoms with Crippen molar-refractivity contribution in [3.05, 3.63) is 28.8 Å². The number of ketones is 1. The van der Waals surface area contributed by atoms with Crippen molar-refractivity contribution in [1.82, 2.24) is 0 Å². The van der Waals surface area contributed by atoms with E-state index < -0.39 is 0 Å². The van der Waals surface area contributed by atoms with Gasteiger partial charge in [-0.3, -0.25) is 4.79 Å². The summed E-state index contributed by atoms with van der Waals surface area (Å²) in [6.45, 7) is 5.34. The van der Waals surface area contributed by atoms with E-state index in [1.54, 1.807) is 7.11 Å². The first-order valence-electron chi connectivity index (χ1n) is 9.30. The smallest absolute Gasteiger partial charge is 0.231 e. The molecule has 2 aliphatic rings. The molecule has 0 saturated heterocycles. The van der Waals surface area contributed by atoms with Crippen LogP contribution in [-0.2, 0) is 11.2 Å². The van der Waals surface area contributed by atoms with Crippen LogP contribution in [0.2, 0.25) is 0 Å². The zero-order valence-electron chi connectivity index (χ0n) is 16.6. The first kappa shape index (κ1) is 18.8. The molecule has 1 atom stereocenters. The van der Waals surface area contributed by atoms with E-state index in [1.165, 1.54) is 11.1 Å². The first-order chi connectivity index (χ1) is 12.3. The highest BCUT2D eigenvalue weighted by molar-refractivity contribution is 5.79. The molecule has 0 N–H and O–H groups in total. The van der Waals surface area contributed by atoms with Gasteiger partial charge in [-0.25, -0.2) is 0 Å². The van der Waals surface area contributed by atoms with Crippen molar-refractivity contribution in [2.75, 3.05) is 34.5 Å². The van der Waals surface area contributed by atoms with Gasteiger partial charge < -0.3 is 18.7 Å². The SMILES string of the molecule is COc1c2c(cc3c1[C@H](CC(=O)CCC=C(C)C)[N+](C)(C)CC3)OCO2. The van der Waals surface area contributed by atoms with E-state index in [1.807, 2.05) is 0 Å². The van der Waals surface area contributed by atoms with Gasteiger partial charge in [-0.15, -0.1) is 0 Å². The second-order valence-electron chi connectivity index (χ2n) is 8.05. The number of methoxy groups -OCH3 is 1. The van der Waals surface area contributed by atoms with Crippen molar-refractivity contribution in [1.29, 1.82) is 0 Å². The summed E-state index contributed by atoms with van der Waals surface area (Å²) in [5.41, 5.74) is 3.58. The third-order valence-corrected chi connectivity index (χ3v) is 5.48. The normalized spacial score (nSPS) is 19.7. The monoisotopic (exact) mass is 360 g/mol. The number of rotatable bonds is 6. The predicted octanol–water partition coefficient (Wildman–Crippen LogP) is 3.80. The molecule has 3 rings (SSSR count). The van der Waals surface area contributed by atoms with Gasteiger partial charge in [0.2, 0.25) is 12.5 Å². The van der Waals surface area contributed by atoms with Crippen molar-refractivity contribution in [2.24, 2.45) is 0 Å². The van der Waals surface area contributed by atoms with Gasteiger partial charge in [0.15, 0.2) is 11.5 Å². The predicted molar refractivity (Wildman–Crippen MR) is 101 cm³/mol. The van der Waals surface area contributed by atoms with Gasteiger partial charge in [0.05, 0.1) is 39.7 Å². The summed E-state index contributed by atoms with van der Waals surface area (Å²) in [5.74, 6) is 2.46. The fraction of sp³-hybridized carbons (Fsp3) is 0.571. The Kier molecular flexibility index (Phi) is 5.28. The average molecular weight is 360 g/mol. The minimum Gasteiger partial charge on any atom is -0.492 e. The maximum absolute atomic E-state index is 12.7. The lowest BCUT2D eigenvalue weighted by atomic mass is 9.86. The number of fused-ring (bicyclic) bond motifs is 2. The number of allylic oxidation sites excluding steroid dienone is 2. The van der Waals surface area contributed by atoms with Crippen LogP contribution in [0.4, 0.5) is 0 Å². The van der Waals surface area contributed by atoms with E-state index in [0.717, 1.165) is 40.9 Å². The van der Waals surface area contributed by atoms with Crippen LogP contribution in [0.3, 0.4) is 0 Å². The lowest BCUT2D eigenvalue weighted by molar-refractivity contribution is -0.922. The summed E-state index contributed by atoms with van der Waals surface area (Å²) in [6, 6.07) is 2.14. The van der Waals surface area contributed by atoms with Gasteiger partial charge in [-0.05, 0) is 31.9 Å². The summed E-state index contributed by atoms with van der Waals surface area (Å²) in [4.78, 5) is 12.7. The minimum atomic E-state index is 0.0717. The van der Waals surface area contributed by atoms with Crippen LogP contribution in [0.25, 0.3) is 0 Å². The number of nitrogens with zero attached hydrogens (tertiary/aromatic N) is 1. The Bertz CT molecular complexity index is 732. The van der Waals surface area contributed by atoms with Crippen LogP contribution in [0.5, 0.6) is 17.2 Å². The molecule has 26 heavy (non-hydrogen) atoms. The Morgan fingerprint density at radius 2 is 2.12 bits per heavy atom. The summed E-state index contributed by atoms with van der Waals surface area (Å²) in [6.07, 6.45) is 4.99. The molecule has 0 unspecified atom stereocenters. The topological polar surface area (TPSA) is 44.8 Å². The summed E-state index contributed by atoms with van der Waals surface area (Å²) < 4.78 is 17.7. The van der Waals surface area contributed by atoms with E-state index in [4.69, 9.17) is 14.2 Å². The Hall–Kier alpha value is -2.01. The number of likely N-dealkylation sites (N-methyl/N-ethyl adjacent to an activating group) is 1. The number of hydrogen-bond acceptors (Lipinski definition) is 4. The van der Waals surface area contributed by atoms with Crippen LogP contribution >= 0.6 is 0 Å². The van der Waals surface area contributed by atoms with Gasteiger partial charge >= 0.3 is 0 Å². The molecule has 142 valence electrons. The van der Waals surface area contributed by atoms with Crippen LogP contribution in [0.1, 0.15) is 50.3 Å². The molecule has 5 heteroatoms. The Labute approximate surface area is 156 Å². The zero-order valence-corrected chi connectivity index (χ0v) is 16.6. The molecule has 1 aromatic carbocycles. The number of quaternary nitrogens is 1. The molecule has 0 radical (unpaired) electrons. The first-order valence-corrected chi connectivity index (χ1v) is 9.30. The van der Waals surface area contributed by atoms with E-state index in [0.29, 0.717) is 24.4 Å². The maximum Gasteiger partial charge on any atom is 0.231 e. The van der Waals surface area contributed by atoms with Crippen LogP contribution in [-0.4, -0.2) is 44.8 Å². The number of carbonyl (C=O) groups excluding carboxylic acids is 1. The van der Waals surface area contributed by atoms with Crippen LogP contribution < -0.4 is 14.2 Å². The molecule has 5 nitrogen and oxygen atoms in total.